The predicted molar refractivity (Wildman–Crippen MR) is 145 cm³/mol. The first-order valence-electron chi connectivity index (χ1n) is 14.3. The molecule has 0 bridgehead atoms. The quantitative estimate of drug-likeness (QED) is 0.373. The van der Waals surface area contributed by atoms with Crippen LogP contribution in [-0.2, 0) is 32.1 Å². The Labute approximate surface area is 239 Å². The third-order valence-corrected chi connectivity index (χ3v) is 10.7. The van der Waals surface area contributed by atoms with Gasteiger partial charge in [-0.05, 0) is 49.0 Å². The number of aliphatic hydroxyl groups excluding tert-OH is 1. The molecule has 2 heterocycles. The summed E-state index contributed by atoms with van der Waals surface area (Å²) in [5.74, 6) is -2.63. The molecule has 224 valence electrons. The molecule has 0 radical (unpaired) electrons. The van der Waals surface area contributed by atoms with E-state index in [4.69, 9.17) is 15.2 Å². The molecule has 2 amide bonds. The first-order chi connectivity index (χ1) is 19.0. The van der Waals surface area contributed by atoms with E-state index in [2.05, 4.69) is 13.8 Å². The lowest BCUT2D eigenvalue weighted by atomic mass is 9.43. The molecule has 0 unspecified atom stereocenters. The molecule has 5 N–H and O–H groups in total. The number of phenols is 1. The van der Waals surface area contributed by atoms with Crippen molar-refractivity contribution in [1.29, 1.82) is 0 Å². The van der Waals surface area contributed by atoms with Gasteiger partial charge in [-0.3, -0.25) is 14.4 Å². The predicted octanol–water partition coefficient (Wildman–Crippen LogP) is 2.52. The second-order valence-electron chi connectivity index (χ2n) is 13.3. The number of primary amides is 1. The van der Waals surface area contributed by atoms with Crippen LogP contribution in [0.3, 0.4) is 0 Å². The van der Waals surface area contributed by atoms with Gasteiger partial charge >= 0.3 is 11.9 Å². The monoisotopic (exact) mass is 572 g/mol. The second-order valence-corrected chi connectivity index (χ2v) is 13.3. The molecule has 0 aromatic heterocycles. The molecule has 1 spiro atoms. The second kappa shape index (κ2) is 9.61. The summed E-state index contributed by atoms with van der Waals surface area (Å²) in [7, 11) is 0. The number of aliphatic hydroxyl groups is 1. The molecule has 2 saturated carbocycles. The van der Waals surface area contributed by atoms with Gasteiger partial charge in [-0.1, -0.05) is 27.7 Å². The zero-order valence-electron chi connectivity index (χ0n) is 24.2. The molecule has 41 heavy (non-hydrogen) atoms. The van der Waals surface area contributed by atoms with Gasteiger partial charge in [-0.25, -0.2) is 4.79 Å². The third-order valence-electron chi connectivity index (χ3n) is 10.7. The minimum absolute atomic E-state index is 0.000771. The van der Waals surface area contributed by atoms with Gasteiger partial charge in [0, 0.05) is 36.3 Å². The molecule has 11 nitrogen and oxygen atoms in total. The van der Waals surface area contributed by atoms with E-state index in [-0.39, 0.29) is 42.5 Å². The van der Waals surface area contributed by atoms with Crippen LogP contribution in [0, 0.1) is 22.7 Å². The lowest BCUT2D eigenvalue weighted by Gasteiger charge is -2.65. The van der Waals surface area contributed by atoms with Crippen LogP contribution in [0.15, 0.2) is 6.07 Å². The topological polar surface area (TPSA) is 177 Å². The number of aromatic hydroxyl groups is 1. The van der Waals surface area contributed by atoms with Crippen LogP contribution in [-0.4, -0.2) is 67.8 Å². The van der Waals surface area contributed by atoms with Crippen molar-refractivity contribution in [1.82, 2.24) is 4.90 Å². The largest absolute Gasteiger partial charge is 0.508 e. The fourth-order valence-corrected chi connectivity index (χ4v) is 8.66. The van der Waals surface area contributed by atoms with Crippen LogP contribution in [0.4, 0.5) is 0 Å². The molecule has 5 rings (SSSR count). The van der Waals surface area contributed by atoms with Gasteiger partial charge in [0.15, 0.2) is 0 Å². The molecule has 2 aliphatic heterocycles. The zero-order valence-corrected chi connectivity index (χ0v) is 24.2. The van der Waals surface area contributed by atoms with Crippen LogP contribution < -0.4 is 10.5 Å². The Morgan fingerprint density at radius 1 is 1.22 bits per heavy atom. The van der Waals surface area contributed by atoms with E-state index in [1.807, 2.05) is 13.8 Å². The molecule has 4 aliphatic rings. The van der Waals surface area contributed by atoms with Crippen molar-refractivity contribution >= 4 is 23.8 Å². The summed E-state index contributed by atoms with van der Waals surface area (Å²) in [4.78, 5) is 50.1. The van der Waals surface area contributed by atoms with Gasteiger partial charge < -0.3 is 35.4 Å². The number of carbonyl (C=O) groups is 4. The van der Waals surface area contributed by atoms with Crippen LogP contribution in [0.5, 0.6) is 11.5 Å². The summed E-state index contributed by atoms with van der Waals surface area (Å²) in [6.07, 6.45) is 0.441. The van der Waals surface area contributed by atoms with E-state index in [1.165, 1.54) is 17.9 Å². The van der Waals surface area contributed by atoms with Crippen molar-refractivity contribution in [3.05, 3.63) is 22.8 Å². The molecule has 2 aliphatic carbocycles. The highest BCUT2D eigenvalue weighted by atomic mass is 16.6. The van der Waals surface area contributed by atoms with Gasteiger partial charge in [-0.2, -0.15) is 0 Å². The third kappa shape index (κ3) is 4.18. The number of hydrogen-bond acceptors (Lipinski definition) is 8. The highest BCUT2D eigenvalue weighted by molar-refractivity contribution is 6.02. The Morgan fingerprint density at radius 3 is 2.51 bits per heavy atom. The normalized spacial score (nSPS) is 33.9. The van der Waals surface area contributed by atoms with Gasteiger partial charge in [0.1, 0.15) is 29.2 Å². The molecule has 0 saturated heterocycles. The van der Waals surface area contributed by atoms with Crippen molar-refractivity contribution in [3.8, 4) is 11.5 Å². The summed E-state index contributed by atoms with van der Waals surface area (Å²) in [6, 6.07) is 0.117. The van der Waals surface area contributed by atoms with Crippen molar-refractivity contribution < 1.29 is 44.0 Å². The number of carbonyl (C=O) groups excluding carboxylic acids is 3. The molecular formula is C30H40N2O9. The Bertz CT molecular complexity index is 1330. The van der Waals surface area contributed by atoms with Gasteiger partial charge in [0.25, 0.3) is 5.91 Å². The SMILES string of the molecule is CC(=O)O[C@H]1C[C@@]2(C)[C@H](CC[C@H](C)[C@@]23Cc2c(O)cc4c(c2O3)CN([C@@H](CCC(N)=O)C(=O)O)C4=O)C(C)(C)[C@@H]1O. The number of nitrogens with zero attached hydrogens (tertiary/aromatic N) is 1. The van der Waals surface area contributed by atoms with E-state index >= 15 is 0 Å². The summed E-state index contributed by atoms with van der Waals surface area (Å²) >= 11 is 0. The zero-order chi connectivity index (χ0) is 30.2. The number of carboxylic acids is 1. The summed E-state index contributed by atoms with van der Waals surface area (Å²) < 4.78 is 12.6. The molecular weight excluding hydrogens is 532 g/mol. The van der Waals surface area contributed by atoms with E-state index in [1.54, 1.807) is 0 Å². The Balaban J connectivity index is 1.57. The minimum atomic E-state index is -1.27. The van der Waals surface area contributed by atoms with E-state index in [9.17, 15) is 34.5 Å². The van der Waals surface area contributed by atoms with Gasteiger partial charge in [0.2, 0.25) is 5.91 Å². The maximum Gasteiger partial charge on any atom is 0.326 e. The van der Waals surface area contributed by atoms with Crippen LogP contribution in [0.2, 0.25) is 0 Å². The number of rotatable bonds is 6. The number of nitrogens with two attached hydrogens (primary N) is 1. The summed E-state index contributed by atoms with van der Waals surface area (Å²) in [5.41, 5.74) is 4.45. The highest BCUT2D eigenvalue weighted by Crippen LogP contribution is 2.67. The first kappa shape index (κ1) is 29.2. The number of carboxylic acid groups (broad SMARTS) is 1. The lowest BCUT2D eigenvalue weighted by Crippen LogP contribution is -2.69. The number of amides is 2. The van der Waals surface area contributed by atoms with E-state index < -0.39 is 58.4 Å². The Morgan fingerprint density at radius 2 is 1.90 bits per heavy atom. The number of esters is 1. The van der Waals surface area contributed by atoms with Crippen LogP contribution in [0.1, 0.15) is 88.2 Å². The standard InChI is InChI=1S/C30H40N2O9/c1-14-6-8-22-28(3,4)25(36)21(40-15(2)33)12-29(22,5)30(14)11-17-20(34)10-16-18(24(17)41-30)13-32(26(16)37)19(27(38)39)7-9-23(31)35/h10,14,19,21-22,25,34,36H,6-9,11-13H2,1-5H3,(H2,31,35)(H,38,39)/t14-,19-,21-,22+,25+,29-,30-/m0/s1. The molecule has 11 heteroatoms. The smallest absolute Gasteiger partial charge is 0.326 e. The number of fused-ring (bicyclic) bond motifs is 5. The number of phenolic OH excluding ortho intramolecular Hbond substituents is 1. The van der Waals surface area contributed by atoms with Crippen molar-refractivity contribution in [2.45, 2.75) is 104 Å². The average molecular weight is 573 g/mol. The van der Waals surface area contributed by atoms with Gasteiger partial charge in [-0.15, -0.1) is 0 Å². The van der Waals surface area contributed by atoms with E-state index in [0.29, 0.717) is 29.7 Å². The summed E-state index contributed by atoms with van der Waals surface area (Å²) in [5, 5.41) is 32.3. The van der Waals surface area contributed by atoms with Gasteiger partial charge in [0.05, 0.1) is 18.2 Å². The molecule has 1 aromatic rings. The maximum absolute atomic E-state index is 13.4. The van der Waals surface area contributed by atoms with E-state index in [0.717, 1.165) is 12.8 Å². The van der Waals surface area contributed by atoms with Crippen molar-refractivity contribution in [3.63, 3.8) is 0 Å². The Hall–Kier alpha value is -3.34. The number of ether oxygens (including phenoxy) is 2. The average Bonchev–Trinajstić information content (AvgIpc) is 3.42. The fraction of sp³-hybridized carbons (Fsp3) is 0.667. The van der Waals surface area contributed by atoms with Crippen molar-refractivity contribution in [2.24, 2.45) is 28.4 Å². The number of hydrogen-bond donors (Lipinski definition) is 4. The maximum atomic E-state index is 13.4. The molecule has 1 aromatic carbocycles. The highest BCUT2D eigenvalue weighted by Gasteiger charge is 2.69. The van der Waals surface area contributed by atoms with Crippen LogP contribution >= 0.6 is 0 Å². The van der Waals surface area contributed by atoms with Crippen LogP contribution in [0.25, 0.3) is 0 Å². The minimum Gasteiger partial charge on any atom is -0.508 e. The number of aliphatic carboxylic acids is 1. The molecule has 2 fully saturated rings. The lowest BCUT2D eigenvalue weighted by molar-refractivity contribution is -0.245. The Kier molecular flexibility index (Phi) is 6.83. The fourth-order valence-electron chi connectivity index (χ4n) is 8.66. The van der Waals surface area contributed by atoms with Crippen molar-refractivity contribution in [2.75, 3.05) is 0 Å². The summed E-state index contributed by atoms with van der Waals surface area (Å²) in [6.45, 7) is 9.48. The number of benzene rings is 1. The molecule has 7 atom stereocenters. The first-order valence-corrected chi connectivity index (χ1v) is 14.3.